The highest BCUT2D eigenvalue weighted by Crippen LogP contribution is 2.28. The number of nitrogens with one attached hydrogen (secondary N) is 1. The number of hydrogen-bond acceptors (Lipinski definition) is 6. The Balaban J connectivity index is 1.19. The Hall–Kier alpha value is -2.71. The van der Waals surface area contributed by atoms with Gasteiger partial charge in [0, 0.05) is 49.6 Å². The monoisotopic (exact) mass is 482 g/mol. The number of halogens is 1. The molecular weight excluding hydrogens is 447 g/mol. The third-order valence-electron chi connectivity index (χ3n) is 7.25. The van der Waals surface area contributed by atoms with Gasteiger partial charge >= 0.3 is 0 Å². The number of aliphatic hydroxyl groups is 1. The third-order valence-corrected chi connectivity index (χ3v) is 7.25. The van der Waals surface area contributed by atoms with Crippen LogP contribution in [0.1, 0.15) is 50.2 Å². The minimum atomic E-state index is -0.846. The molecule has 3 aliphatic rings. The van der Waals surface area contributed by atoms with Crippen molar-refractivity contribution in [1.29, 1.82) is 0 Å². The minimum absolute atomic E-state index is 0.0409. The van der Waals surface area contributed by atoms with Crippen LogP contribution in [-0.2, 0) is 4.79 Å². The molecule has 2 aliphatic heterocycles. The molecule has 0 radical (unpaired) electrons. The fourth-order valence-corrected chi connectivity index (χ4v) is 5.11. The molecule has 2 saturated heterocycles. The normalized spacial score (nSPS) is 22.2. The van der Waals surface area contributed by atoms with Gasteiger partial charge in [0.1, 0.15) is 18.0 Å². The van der Waals surface area contributed by atoms with Gasteiger partial charge in [0.25, 0.3) is 0 Å². The number of amides is 1. The van der Waals surface area contributed by atoms with Crippen LogP contribution in [0.25, 0.3) is 0 Å². The van der Waals surface area contributed by atoms with E-state index in [1.165, 1.54) is 12.1 Å². The molecule has 1 aromatic heterocycles. The van der Waals surface area contributed by atoms with Crippen molar-refractivity contribution in [2.24, 2.45) is 5.92 Å². The van der Waals surface area contributed by atoms with Crippen LogP contribution in [0.5, 0.6) is 5.88 Å². The number of nitrogens with zero attached hydrogens (tertiary/aromatic N) is 3. The number of carbonyl (C=O) groups is 1. The number of benzene rings is 1. The Bertz CT molecular complexity index is 977. The first kappa shape index (κ1) is 24.0. The van der Waals surface area contributed by atoms with E-state index in [2.05, 4.69) is 20.1 Å². The largest absolute Gasteiger partial charge is 0.474 e. The Morgan fingerprint density at radius 3 is 2.57 bits per heavy atom. The number of ether oxygens (including phenoxy) is 1. The van der Waals surface area contributed by atoms with Gasteiger partial charge in [-0.2, -0.15) is 0 Å². The van der Waals surface area contributed by atoms with E-state index in [4.69, 9.17) is 4.74 Å². The van der Waals surface area contributed by atoms with Crippen molar-refractivity contribution >= 4 is 11.6 Å². The van der Waals surface area contributed by atoms with Crippen molar-refractivity contribution in [3.63, 3.8) is 0 Å². The fraction of sp³-hybridized carbons (Fsp3) is 0.556. The van der Waals surface area contributed by atoms with Gasteiger partial charge in [0.15, 0.2) is 0 Å². The Morgan fingerprint density at radius 2 is 1.89 bits per heavy atom. The molecule has 3 unspecified atom stereocenters. The van der Waals surface area contributed by atoms with Gasteiger partial charge in [-0.05, 0) is 81.4 Å². The number of aliphatic hydroxyl groups excluding tert-OH is 1. The summed E-state index contributed by atoms with van der Waals surface area (Å²) in [5.41, 5.74) is 1.67. The average molecular weight is 483 g/mol. The molecule has 188 valence electrons. The van der Waals surface area contributed by atoms with E-state index in [9.17, 15) is 14.3 Å². The highest BCUT2D eigenvalue weighted by atomic mass is 19.1. The zero-order valence-electron chi connectivity index (χ0n) is 20.1. The lowest BCUT2D eigenvalue weighted by Gasteiger charge is -2.29. The Kier molecular flexibility index (Phi) is 7.48. The minimum Gasteiger partial charge on any atom is -0.474 e. The molecule has 3 heterocycles. The topological polar surface area (TPSA) is 77.9 Å². The van der Waals surface area contributed by atoms with E-state index in [1.54, 1.807) is 24.4 Å². The predicted octanol–water partition coefficient (Wildman–Crippen LogP) is 3.29. The molecule has 1 aromatic carbocycles. The average Bonchev–Trinajstić information content (AvgIpc) is 3.30. The molecular formula is C27H35FN4O3. The molecule has 5 rings (SSSR count). The van der Waals surface area contributed by atoms with Crippen molar-refractivity contribution in [2.45, 2.75) is 56.8 Å². The molecule has 1 amide bonds. The second-order valence-corrected chi connectivity index (χ2v) is 10.2. The van der Waals surface area contributed by atoms with Crippen LogP contribution >= 0.6 is 0 Å². The summed E-state index contributed by atoms with van der Waals surface area (Å²) in [4.78, 5) is 21.9. The van der Waals surface area contributed by atoms with E-state index in [0.29, 0.717) is 24.4 Å². The van der Waals surface area contributed by atoms with Crippen LogP contribution in [0.4, 0.5) is 10.1 Å². The number of likely N-dealkylation sites (tertiary alicyclic amines) is 1. The smallest absolute Gasteiger partial charge is 0.220 e. The summed E-state index contributed by atoms with van der Waals surface area (Å²) in [6.45, 7) is 4.20. The summed E-state index contributed by atoms with van der Waals surface area (Å²) in [6.07, 6.45) is 6.83. The van der Waals surface area contributed by atoms with Gasteiger partial charge in [-0.15, -0.1) is 0 Å². The van der Waals surface area contributed by atoms with Crippen LogP contribution < -0.4 is 15.0 Å². The second kappa shape index (κ2) is 10.9. The summed E-state index contributed by atoms with van der Waals surface area (Å²) < 4.78 is 19.0. The lowest BCUT2D eigenvalue weighted by atomic mass is 10.0. The van der Waals surface area contributed by atoms with Crippen LogP contribution in [0, 0.1) is 11.7 Å². The summed E-state index contributed by atoms with van der Waals surface area (Å²) in [7, 11) is 0. The molecule has 35 heavy (non-hydrogen) atoms. The number of pyridine rings is 1. The first-order valence-corrected chi connectivity index (χ1v) is 12.9. The van der Waals surface area contributed by atoms with Gasteiger partial charge in [0.05, 0.1) is 6.04 Å². The van der Waals surface area contributed by atoms with Gasteiger partial charge < -0.3 is 25.0 Å². The van der Waals surface area contributed by atoms with Crippen molar-refractivity contribution in [3.8, 4) is 5.88 Å². The van der Waals surface area contributed by atoms with Gasteiger partial charge in [0.2, 0.25) is 11.8 Å². The molecule has 3 atom stereocenters. The van der Waals surface area contributed by atoms with E-state index in [0.717, 1.165) is 64.0 Å². The number of rotatable bonds is 10. The van der Waals surface area contributed by atoms with E-state index in [1.807, 2.05) is 6.07 Å². The van der Waals surface area contributed by atoms with E-state index < -0.39 is 12.1 Å². The number of anilines is 1. The lowest BCUT2D eigenvalue weighted by molar-refractivity contribution is -0.123. The van der Waals surface area contributed by atoms with Crippen LogP contribution in [-0.4, -0.2) is 65.8 Å². The van der Waals surface area contributed by atoms with Crippen molar-refractivity contribution in [3.05, 3.63) is 54.0 Å². The first-order chi connectivity index (χ1) is 17.0. The predicted molar refractivity (Wildman–Crippen MR) is 132 cm³/mol. The van der Waals surface area contributed by atoms with Crippen LogP contribution in [0.2, 0.25) is 0 Å². The third kappa shape index (κ3) is 6.49. The van der Waals surface area contributed by atoms with Crippen LogP contribution in [0.3, 0.4) is 0 Å². The van der Waals surface area contributed by atoms with Crippen LogP contribution in [0.15, 0.2) is 42.6 Å². The molecule has 1 aliphatic carbocycles. The zero-order chi connectivity index (χ0) is 24.2. The lowest BCUT2D eigenvalue weighted by Crippen LogP contribution is -2.47. The Labute approximate surface area is 206 Å². The SMILES string of the molecule is O=C(CC1CCN(c2ccc(F)cc2)C1)NC(CN1CCCC1)C(O)c1ccc(OC2CC2)nc1. The molecule has 0 bridgehead atoms. The maximum Gasteiger partial charge on any atom is 0.220 e. The molecule has 8 heteroatoms. The van der Waals surface area contributed by atoms with E-state index in [-0.39, 0.29) is 23.7 Å². The van der Waals surface area contributed by atoms with Gasteiger partial charge in [-0.3, -0.25) is 4.79 Å². The molecule has 7 nitrogen and oxygen atoms in total. The number of hydrogen-bond donors (Lipinski definition) is 2. The maximum absolute atomic E-state index is 13.2. The van der Waals surface area contributed by atoms with Crippen molar-refractivity contribution in [1.82, 2.24) is 15.2 Å². The Morgan fingerprint density at radius 1 is 1.11 bits per heavy atom. The molecule has 2 aromatic rings. The van der Waals surface area contributed by atoms with E-state index >= 15 is 0 Å². The standard InChI is InChI=1S/C27H35FN4O3/c28-21-4-6-22(7-5-21)32-14-11-19(17-32)15-25(33)30-24(18-31-12-1-2-13-31)27(34)20-3-10-26(29-16-20)35-23-8-9-23/h3-7,10,16,19,23-24,27,34H,1-2,8-9,11-15,17-18H2,(H,30,33). The highest BCUT2D eigenvalue weighted by molar-refractivity contribution is 5.77. The van der Waals surface area contributed by atoms with Crippen molar-refractivity contribution in [2.75, 3.05) is 37.6 Å². The summed E-state index contributed by atoms with van der Waals surface area (Å²) in [6, 6.07) is 9.75. The summed E-state index contributed by atoms with van der Waals surface area (Å²) in [5, 5.41) is 14.3. The second-order valence-electron chi connectivity index (χ2n) is 10.2. The highest BCUT2D eigenvalue weighted by Gasteiger charge is 2.30. The zero-order valence-corrected chi connectivity index (χ0v) is 20.1. The summed E-state index contributed by atoms with van der Waals surface area (Å²) in [5.74, 6) is 0.522. The molecule has 3 fully saturated rings. The molecule has 2 N–H and O–H groups in total. The summed E-state index contributed by atoms with van der Waals surface area (Å²) >= 11 is 0. The van der Waals surface area contributed by atoms with Gasteiger partial charge in [-0.25, -0.2) is 9.37 Å². The van der Waals surface area contributed by atoms with Gasteiger partial charge in [-0.1, -0.05) is 0 Å². The maximum atomic E-state index is 13.2. The number of carbonyl (C=O) groups excluding carboxylic acids is 1. The fourth-order valence-electron chi connectivity index (χ4n) is 5.11. The van der Waals surface area contributed by atoms with Crippen molar-refractivity contribution < 1.29 is 19.0 Å². The first-order valence-electron chi connectivity index (χ1n) is 12.9. The molecule has 1 saturated carbocycles. The number of aromatic nitrogens is 1. The molecule has 0 spiro atoms. The quantitative estimate of drug-likeness (QED) is 0.541.